The monoisotopic (exact) mass is 262 g/mol. The Labute approximate surface area is 102 Å². The van der Waals surface area contributed by atoms with E-state index in [2.05, 4.69) is 0 Å². The van der Waals surface area contributed by atoms with E-state index in [-0.39, 0.29) is 17.8 Å². The van der Waals surface area contributed by atoms with Gasteiger partial charge in [0.1, 0.15) is 0 Å². The molecular weight excluding hydrogens is 249 g/mol. The molecule has 0 atom stereocenters. The molecule has 1 rings (SSSR count). The Morgan fingerprint density at radius 3 is 2.56 bits per heavy atom. The number of rotatable bonds is 4. The van der Waals surface area contributed by atoms with E-state index < -0.39 is 18.6 Å². The lowest BCUT2D eigenvalue weighted by Gasteiger charge is -2.20. The van der Waals surface area contributed by atoms with Crippen molar-refractivity contribution >= 4 is 17.3 Å². The Kier molecular flexibility index (Phi) is 4.05. The fourth-order valence-electron chi connectivity index (χ4n) is 1.39. The van der Waals surface area contributed by atoms with Gasteiger partial charge in [-0.3, -0.25) is 0 Å². The van der Waals surface area contributed by atoms with E-state index in [0.717, 1.165) is 0 Å². The van der Waals surface area contributed by atoms with Gasteiger partial charge in [-0.25, -0.2) is 4.79 Å². The van der Waals surface area contributed by atoms with Crippen LogP contribution >= 0.6 is 0 Å². The molecule has 0 aliphatic heterocycles. The number of nitrogens with two attached hydrogens (primary N) is 1. The van der Waals surface area contributed by atoms with Crippen LogP contribution in [-0.2, 0) is 0 Å². The Morgan fingerprint density at radius 1 is 1.44 bits per heavy atom. The average molecular weight is 262 g/mol. The molecule has 0 spiro atoms. The molecule has 0 bridgehead atoms. The standard InChI is InChI=1S/C11H13F3N2O2/c1-16(5-4-11(12,13)14)7-2-3-9(15)8(6-7)10(17)18/h2-3,6H,4-5,15H2,1H3,(H,17,18). The van der Waals surface area contributed by atoms with E-state index in [1.54, 1.807) is 0 Å². The van der Waals surface area contributed by atoms with Crippen LogP contribution in [0.1, 0.15) is 16.8 Å². The van der Waals surface area contributed by atoms with Crippen LogP contribution in [0.2, 0.25) is 0 Å². The van der Waals surface area contributed by atoms with Gasteiger partial charge in [0, 0.05) is 25.0 Å². The summed E-state index contributed by atoms with van der Waals surface area (Å²) in [6, 6.07) is 4.11. The summed E-state index contributed by atoms with van der Waals surface area (Å²) in [5.41, 5.74) is 5.79. The van der Waals surface area contributed by atoms with Crippen molar-refractivity contribution in [2.45, 2.75) is 12.6 Å². The molecule has 3 N–H and O–H groups in total. The summed E-state index contributed by atoms with van der Waals surface area (Å²) in [7, 11) is 1.46. The number of nitrogen functional groups attached to an aromatic ring is 1. The minimum Gasteiger partial charge on any atom is -0.478 e. The zero-order valence-corrected chi connectivity index (χ0v) is 9.66. The summed E-state index contributed by atoms with van der Waals surface area (Å²) >= 11 is 0. The number of aromatic carboxylic acids is 1. The molecule has 18 heavy (non-hydrogen) atoms. The van der Waals surface area contributed by atoms with Gasteiger partial charge in [0.2, 0.25) is 0 Å². The molecule has 0 fully saturated rings. The van der Waals surface area contributed by atoms with Crippen molar-refractivity contribution in [3.8, 4) is 0 Å². The van der Waals surface area contributed by atoms with Crippen molar-refractivity contribution in [1.29, 1.82) is 0 Å². The van der Waals surface area contributed by atoms with Crippen LogP contribution in [0.15, 0.2) is 18.2 Å². The summed E-state index contributed by atoms with van der Waals surface area (Å²) in [5, 5.41) is 8.85. The van der Waals surface area contributed by atoms with Crippen LogP contribution in [0, 0.1) is 0 Å². The number of carbonyl (C=O) groups is 1. The highest BCUT2D eigenvalue weighted by atomic mass is 19.4. The van der Waals surface area contributed by atoms with E-state index in [1.165, 1.54) is 30.1 Å². The normalized spacial score (nSPS) is 11.3. The van der Waals surface area contributed by atoms with E-state index in [9.17, 15) is 18.0 Å². The third kappa shape index (κ3) is 3.83. The second kappa shape index (κ2) is 5.16. The average Bonchev–Trinajstić information content (AvgIpc) is 2.25. The predicted molar refractivity (Wildman–Crippen MR) is 61.8 cm³/mol. The molecule has 0 amide bonds. The lowest BCUT2D eigenvalue weighted by atomic mass is 10.1. The Balaban J connectivity index is 2.83. The maximum atomic E-state index is 12.1. The van der Waals surface area contributed by atoms with E-state index in [1.807, 2.05) is 0 Å². The van der Waals surface area contributed by atoms with Crippen molar-refractivity contribution in [2.75, 3.05) is 24.2 Å². The Bertz CT molecular complexity index is 446. The Morgan fingerprint density at radius 2 is 2.06 bits per heavy atom. The topological polar surface area (TPSA) is 66.6 Å². The molecular formula is C11H13F3N2O2. The molecule has 0 aromatic heterocycles. The number of halogens is 3. The number of carboxylic acid groups (broad SMARTS) is 1. The molecule has 0 unspecified atom stereocenters. The lowest BCUT2D eigenvalue weighted by molar-refractivity contribution is -0.132. The maximum absolute atomic E-state index is 12.1. The summed E-state index contributed by atoms with van der Waals surface area (Å²) in [5.74, 6) is -1.21. The molecule has 0 heterocycles. The van der Waals surface area contributed by atoms with Gasteiger partial charge < -0.3 is 15.7 Å². The number of hydrogen-bond acceptors (Lipinski definition) is 3. The second-order valence-corrected chi connectivity index (χ2v) is 3.86. The van der Waals surface area contributed by atoms with Crippen LogP contribution < -0.4 is 10.6 Å². The van der Waals surface area contributed by atoms with Crippen molar-refractivity contribution in [2.24, 2.45) is 0 Å². The fourth-order valence-corrected chi connectivity index (χ4v) is 1.39. The highest BCUT2D eigenvalue weighted by Crippen LogP contribution is 2.24. The van der Waals surface area contributed by atoms with Crippen molar-refractivity contribution in [3.63, 3.8) is 0 Å². The largest absolute Gasteiger partial charge is 0.478 e. The zero-order valence-electron chi connectivity index (χ0n) is 9.66. The number of nitrogens with zero attached hydrogens (tertiary/aromatic N) is 1. The fraction of sp³-hybridized carbons (Fsp3) is 0.364. The van der Waals surface area contributed by atoms with Crippen molar-refractivity contribution < 1.29 is 23.1 Å². The molecule has 0 aliphatic carbocycles. The summed E-state index contributed by atoms with van der Waals surface area (Å²) in [6.07, 6.45) is -5.20. The molecule has 4 nitrogen and oxygen atoms in total. The molecule has 0 aliphatic rings. The number of carboxylic acids is 1. The molecule has 1 aromatic carbocycles. The van der Waals surface area contributed by atoms with Crippen LogP contribution in [0.5, 0.6) is 0 Å². The summed E-state index contributed by atoms with van der Waals surface area (Å²) in [6.45, 7) is -0.244. The third-order valence-corrected chi connectivity index (χ3v) is 2.44. The zero-order chi connectivity index (χ0) is 13.9. The van der Waals surface area contributed by atoms with Crippen molar-refractivity contribution in [3.05, 3.63) is 23.8 Å². The van der Waals surface area contributed by atoms with Crippen LogP contribution in [-0.4, -0.2) is 30.8 Å². The first-order valence-electron chi connectivity index (χ1n) is 5.11. The Hall–Kier alpha value is -1.92. The van der Waals surface area contributed by atoms with Gasteiger partial charge in [0.15, 0.2) is 0 Å². The third-order valence-electron chi connectivity index (χ3n) is 2.44. The second-order valence-electron chi connectivity index (χ2n) is 3.86. The molecule has 100 valence electrons. The molecule has 1 aromatic rings. The number of hydrogen-bond donors (Lipinski definition) is 2. The first-order valence-corrected chi connectivity index (χ1v) is 5.11. The predicted octanol–water partition coefficient (Wildman–Crippen LogP) is 2.36. The van der Waals surface area contributed by atoms with Gasteiger partial charge in [0.05, 0.1) is 12.0 Å². The van der Waals surface area contributed by atoms with Gasteiger partial charge in [-0.1, -0.05) is 0 Å². The summed E-state index contributed by atoms with van der Waals surface area (Å²) in [4.78, 5) is 12.2. The highest BCUT2D eigenvalue weighted by Gasteiger charge is 2.27. The van der Waals surface area contributed by atoms with Gasteiger partial charge in [-0.2, -0.15) is 13.2 Å². The van der Waals surface area contributed by atoms with E-state index in [4.69, 9.17) is 10.8 Å². The first-order chi connectivity index (χ1) is 8.20. The van der Waals surface area contributed by atoms with E-state index >= 15 is 0 Å². The summed E-state index contributed by atoms with van der Waals surface area (Å²) < 4.78 is 36.2. The minimum absolute atomic E-state index is 0.0791. The molecule has 7 heteroatoms. The highest BCUT2D eigenvalue weighted by molar-refractivity contribution is 5.94. The maximum Gasteiger partial charge on any atom is 0.390 e. The number of alkyl halides is 3. The minimum atomic E-state index is -4.24. The van der Waals surface area contributed by atoms with Crippen molar-refractivity contribution in [1.82, 2.24) is 0 Å². The van der Waals surface area contributed by atoms with E-state index in [0.29, 0.717) is 5.69 Å². The van der Waals surface area contributed by atoms with Gasteiger partial charge in [-0.15, -0.1) is 0 Å². The molecule has 0 saturated carbocycles. The SMILES string of the molecule is CN(CCC(F)(F)F)c1ccc(N)c(C(=O)O)c1. The lowest BCUT2D eigenvalue weighted by Crippen LogP contribution is -2.24. The molecule has 0 saturated heterocycles. The van der Waals surface area contributed by atoms with Gasteiger partial charge in [0.25, 0.3) is 0 Å². The number of anilines is 2. The van der Waals surface area contributed by atoms with Crippen LogP contribution in [0.4, 0.5) is 24.5 Å². The van der Waals surface area contributed by atoms with Gasteiger partial charge in [-0.05, 0) is 18.2 Å². The smallest absolute Gasteiger partial charge is 0.390 e. The van der Waals surface area contributed by atoms with Crippen LogP contribution in [0.25, 0.3) is 0 Å². The quantitative estimate of drug-likeness (QED) is 0.817. The molecule has 0 radical (unpaired) electrons. The first kappa shape index (κ1) is 14.1. The van der Waals surface area contributed by atoms with Gasteiger partial charge >= 0.3 is 12.1 Å². The number of benzene rings is 1. The van der Waals surface area contributed by atoms with Crippen LogP contribution in [0.3, 0.4) is 0 Å².